The van der Waals surface area contributed by atoms with Gasteiger partial charge in [0.2, 0.25) is 17.7 Å². The van der Waals surface area contributed by atoms with E-state index >= 15 is 0 Å². The predicted octanol–water partition coefficient (Wildman–Crippen LogP) is 1.80. The van der Waals surface area contributed by atoms with Crippen molar-refractivity contribution in [3.8, 4) is 11.1 Å². The number of hydrogen-bond donors (Lipinski definition) is 4. The number of carbonyl (C=O) groups is 4. The molecule has 2 aromatic carbocycles. The third kappa shape index (κ3) is 6.57. The lowest BCUT2D eigenvalue weighted by Gasteiger charge is -2.16. The molecule has 1 aliphatic rings. The average molecular weight is 467 g/mol. The molecular formula is C25H30N4O5. The highest BCUT2D eigenvalue weighted by atomic mass is 16.5. The fraction of sp³-hybridized carbons (Fsp3) is 0.360. The first-order valence-corrected chi connectivity index (χ1v) is 11.3. The average Bonchev–Trinajstić information content (AvgIpc) is 3.14. The van der Waals surface area contributed by atoms with Crippen molar-refractivity contribution < 1.29 is 23.9 Å². The minimum Gasteiger partial charge on any atom is -0.449 e. The van der Waals surface area contributed by atoms with E-state index in [1.54, 1.807) is 0 Å². The quantitative estimate of drug-likeness (QED) is 0.374. The topological polar surface area (TPSA) is 140 Å². The van der Waals surface area contributed by atoms with Gasteiger partial charge in [0.15, 0.2) is 0 Å². The third-order valence-electron chi connectivity index (χ3n) is 5.71. The van der Waals surface area contributed by atoms with Crippen LogP contribution in [0.1, 0.15) is 43.2 Å². The Morgan fingerprint density at radius 2 is 1.56 bits per heavy atom. The Morgan fingerprint density at radius 3 is 2.15 bits per heavy atom. The molecule has 0 saturated carbocycles. The maximum atomic E-state index is 12.2. The monoisotopic (exact) mass is 466 g/mol. The molecule has 4 amide bonds. The molecule has 0 fully saturated rings. The minimum absolute atomic E-state index is 0.00409. The van der Waals surface area contributed by atoms with Crippen LogP contribution in [0.5, 0.6) is 0 Å². The smallest absolute Gasteiger partial charge is 0.407 e. The van der Waals surface area contributed by atoms with E-state index in [2.05, 4.69) is 40.2 Å². The maximum absolute atomic E-state index is 12.2. The van der Waals surface area contributed by atoms with Crippen LogP contribution in [0.2, 0.25) is 0 Å². The van der Waals surface area contributed by atoms with Crippen molar-refractivity contribution in [1.82, 2.24) is 16.0 Å². The van der Waals surface area contributed by atoms with Crippen LogP contribution < -0.4 is 21.7 Å². The molecule has 9 nitrogen and oxygen atoms in total. The number of fused-ring (bicyclic) bond motifs is 3. The Hall–Kier alpha value is -3.88. The summed E-state index contributed by atoms with van der Waals surface area (Å²) in [4.78, 5) is 46.4. The van der Waals surface area contributed by atoms with Crippen LogP contribution in [-0.2, 0) is 19.1 Å². The lowest BCUT2D eigenvalue weighted by atomic mass is 9.98. The van der Waals surface area contributed by atoms with E-state index in [4.69, 9.17) is 10.5 Å². The van der Waals surface area contributed by atoms with E-state index in [1.165, 1.54) is 18.1 Å². The second kappa shape index (κ2) is 11.8. The van der Waals surface area contributed by atoms with E-state index in [9.17, 15) is 19.2 Å². The second-order valence-electron chi connectivity index (χ2n) is 8.18. The van der Waals surface area contributed by atoms with E-state index in [0.29, 0.717) is 25.8 Å². The van der Waals surface area contributed by atoms with Gasteiger partial charge in [0, 0.05) is 19.4 Å². The van der Waals surface area contributed by atoms with Gasteiger partial charge in [-0.3, -0.25) is 14.4 Å². The number of nitrogens with one attached hydrogen (secondary N) is 3. The predicted molar refractivity (Wildman–Crippen MR) is 127 cm³/mol. The van der Waals surface area contributed by atoms with Crippen LogP contribution in [0.3, 0.4) is 0 Å². The summed E-state index contributed by atoms with van der Waals surface area (Å²) in [5, 5.41) is 7.58. The van der Waals surface area contributed by atoms with E-state index in [-0.39, 0.29) is 25.0 Å². The highest BCUT2D eigenvalue weighted by Crippen LogP contribution is 2.44. The molecule has 1 aliphatic carbocycles. The van der Waals surface area contributed by atoms with Gasteiger partial charge in [0.25, 0.3) is 0 Å². The molecule has 0 saturated heterocycles. The van der Waals surface area contributed by atoms with Crippen molar-refractivity contribution in [2.24, 2.45) is 5.73 Å². The summed E-state index contributed by atoms with van der Waals surface area (Å²) in [5.74, 6) is -1.49. The van der Waals surface area contributed by atoms with Crippen LogP contribution in [0.25, 0.3) is 11.1 Å². The number of nitrogens with two attached hydrogens (primary N) is 1. The van der Waals surface area contributed by atoms with E-state index in [1.807, 2.05) is 24.3 Å². The van der Waals surface area contributed by atoms with Gasteiger partial charge in [0.1, 0.15) is 12.6 Å². The molecule has 3 rings (SSSR count). The molecule has 0 heterocycles. The Morgan fingerprint density at radius 1 is 0.941 bits per heavy atom. The molecule has 0 unspecified atom stereocenters. The molecule has 5 N–H and O–H groups in total. The number of benzene rings is 2. The van der Waals surface area contributed by atoms with Crippen molar-refractivity contribution >= 4 is 23.8 Å². The summed E-state index contributed by atoms with van der Waals surface area (Å²) >= 11 is 0. The zero-order valence-corrected chi connectivity index (χ0v) is 19.1. The van der Waals surface area contributed by atoms with Gasteiger partial charge in [-0.15, -0.1) is 0 Å². The summed E-state index contributed by atoms with van der Waals surface area (Å²) in [5.41, 5.74) is 9.97. The van der Waals surface area contributed by atoms with Gasteiger partial charge in [-0.05, 0) is 41.5 Å². The normalized spacial score (nSPS) is 12.7. The van der Waals surface area contributed by atoms with Gasteiger partial charge < -0.3 is 26.4 Å². The zero-order valence-electron chi connectivity index (χ0n) is 19.1. The summed E-state index contributed by atoms with van der Waals surface area (Å²) in [6.07, 6.45) is 0.956. The molecule has 0 bridgehead atoms. The molecule has 0 spiro atoms. The number of amides is 4. The molecule has 9 heteroatoms. The standard InChI is InChI=1S/C25H30N4O5/c1-16(30)28-14-23(31)29-22(24(26)32)12-6-7-13-27-25(33)34-15-21-19-10-4-2-8-17(19)18-9-3-5-11-20(18)21/h2-5,8-11,21-22H,6-7,12-15H2,1H3,(H2,26,32)(H,27,33)(H,28,30)(H,29,31)/t22-/m0/s1. The lowest BCUT2D eigenvalue weighted by molar-refractivity contribution is -0.128. The Balaban J connectivity index is 1.38. The molecule has 180 valence electrons. The zero-order chi connectivity index (χ0) is 24.5. The third-order valence-corrected chi connectivity index (χ3v) is 5.71. The first-order chi connectivity index (χ1) is 16.4. The van der Waals surface area contributed by atoms with E-state index < -0.39 is 23.9 Å². The molecule has 1 atom stereocenters. The van der Waals surface area contributed by atoms with Crippen molar-refractivity contribution in [3.63, 3.8) is 0 Å². The summed E-state index contributed by atoms with van der Waals surface area (Å²) in [6.45, 7) is 1.68. The highest BCUT2D eigenvalue weighted by Gasteiger charge is 2.29. The van der Waals surface area contributed by atoms with Crippen molar-refractivity contribution in [3.05, 3.63) is 59.7 Å². The lowest BCUT2D eigenvalue weighted by Crippen LogP contribution is -2.47. The van der Waals surface area contributed by atoms with Crippen LogP contribution in [0, 0.1) is 0 Å². The van der Waals surface area contributed by atoms with Gasteiger partial charge in [0.05, 0.1) is 6.54 Å². The number of ether oxygens (including phenoxy) is 1. The van der Waals surface area contributed by atoms with Crippen molar-refractivity contribution in [1.29, 1.82) is 0 Å². The first kappa shape index (κ1) is 24.8. The highest BCUT2D eigenvalue weighted by molar-refractivity contribution is 5.89. The molecular weight excluding hydrogens is 436 g/mol. The largest absolute Gasteiger partial charge is 0.449 e. The molecule has 2 aromatic rings. The number of unbranched alkanes of at least 4 members (excludes halogenated alkanes) is 1. The summed E-state index contributed by atoms with van der Waals surface area (Å²) in [6, 6.07) is 15.4. The Bertz CT molecular complexity index is 1010. The second-order valence-corrected chi connectivity index (χ2v) is 8.18. The van der Waals surface area contributed by atoms with Crippen molar-refractivity contribution in [2.75, 3.05) is 19.7 Å². The van der Waals surface area contributed by atoms with E-state index in [0.717, 1.165) is 11.1 Å². The fourth-order valence-electron chi connectivity index (χ4n) is 4.05. The molecule has 0 radical (unpaired) electrons. The molecule has 0 aliphatic heterocycles. The molecule has 0 aromatic heterocycles. The van der Waals surface area contributed by atoms with Gasteiger partial charge in [-0.2, -0.15) is 0 Å². The summed E-state index contributed by atoms with van der Waals surface area (Å²) in [7, 11) is 0. The first-order valence-electron chi connectivity index (χ1n) is 11.3. The minimum atomic E-state index is -0.837. The number of hydrogen-bond acceptors (Lipinski definition) is 5. The van der Waals surface area contributed by atoms with Gasteiger partial charge >= 0.3 is 6.09 Å². The molecule has 34 heavy (non-hydrogen) atoms. The Labute approximate surface area is 198 Å². The fourth-order valence-corrected chi connectivity index (χ4v) is 4.05. The van der Waals surface area contributed by atoms with Crippen LogP contribution in [-0.4, -0.2) is 49.6 Å². The van der Waals surface area contributed by atoms with Gasteiger partial charge in [-0.1, -0.05) is 48.5 Å². The number of carbonyl (C=O) groups excluding carboxylic acids is 4. The number of rotatable bonds is 11. The van der Waals surface area contributed by atoms with Crippen LogP contribution in [0.15, 0.2) is 48.5 Å². The number of alkyl carbamates (subject to hydrolysis) is 1. The summed E-state index contributed by atoms with van der Waals surface area (Å²) < 4.78 is 5.49. The Kier molecular flexibility index (Phi) is 8.61. The SMILES string of the molecule is CC(=O)NCC(=O)N[C@@H](CCCCNC(=O)OCC1c2ccccc2-c2ccccc21)C(N)=O. The van der Waals surface area contributed by atoms with Crippen LogP contribution in [0.4, 0.5) is 4.79 Å². The van der Waals surface area contributed by atoms with Gasteiger partial charge in [-0.25, -0.2) is 4.79 Å². The van der Waals surface area contributed by atoms with Crippen molar-refractivity contribution in [2.45, 2.75) is 38.1 Å². The number of primary amides is 1. The maximum Gasteiger partial charge on any atom is 0.407 e. The van der Waals surface area contributed by atoms with Crippen LogP contribution >= 0.6 is 0 Å².